The maximum absolute atomic E-state index is 13.7. The smallest absolute Gasteiger partial charge is 0.246 e. The van der Waals surface area contributed by atoms with Crippen molar-refractivity contribution in [3.63, 3.8) is 0 Å². The van der Waals surface area contributed by atoms with E-state index < -0.39 is 15.8 Å². The second-order valence-electron chi connectivity index (χ2n) is 4.35. The summed E-state index contributed by atoms with van der Waals surface area (Å²) in [5.41, 5.74) is 6.36. The van der Waals surface area contributed by atoms with Crippen molar-refractivity contribution in [3.8, 4) is 0 Å². The highest BCUT2D eigenvalue weighted by atomic mass is 35.5. The van der Waals surface area contributed by atoms with Crippen LogP contribution >= 0.6 is 12.4 Å². The van der Waals surface area contributed by atoms with E-state index in [1.54, 1.807) is 13.0 Å². The molecule has 1 heterocycles. The number of hydrogen-bond donors (Lipinski definition) is 1. The lowest BCUT2D eigenvalue weighted by Crippen LogP contribution is -2.32. The molecule has 0 amide bonds. The van der Waals surface area contributed by atoms with Crippen LogP contribution in [0, 0.1) is 12.7 Å². The number of rotatable bonds is 2. The van der Waals surface area contributed by atoms with Crippen LogP contribution in [0.3, 0.4) is 0 Å². The summed E-state index contributed by atoms with van der Waals surface area (Å²) in [5, 5.41) is 0. The summed E-state index contributed by atoms with van der Waals surface area (Å²) in [4.78, 5) is -0.266. The minimum Gasteiger partial charge on any atom is -0.326 e. The summed E-state index contributed by atoms with van der Waals surface area (Å²) >= 11 is 0. The summed E-state index contributed by atoms with van der Waals surface area (Å²) < 4.78 is 39.2. The third kappa shape index (κ3) is 2.83. The van der Waals surface area contributed by atoms with Crippen molar-refractivity contribution >= 4 is 22.4 Å². The summed E-state index contributed by atoms with van der Waals surface area (Å²) in [6.45, 7) is 2.33. The van der Waals surface area contributed by atoms with Crippen molar-refractivity contribution in [2.75, 3.05) is 13.1 Å². The Bertz CT molecular complexity index is 536. The van der Waals surface area contributed by atoms with Gasteiger partial charge < -0.3 is 5.73 Å². The monoisotopic (exact) mass is 294 g/mol. The first kappa shape index (κ1) is 15.4. The van der Waals surface area contributed by atoms with Gasteiger partial charge in [-0.25, -0.2) is 12.8 Å². The van der Waals surface area contributed by atoms with Gasteiger partial charge in [-0.3, -0.25) is 0 Å². The van der Waals surface area contributed by atoms with E-state index in [4.69, 9.17) is 5.73 Å². The first-order valence-corrected chi connectivity index (χ1v) is 6.87. The van der Waals surface area contributed by atoms with E-state index in [0.29, 0.717) is 18.5 Å². The van der Waals surface area contributed by atoms with Gasteiger partial charge in [0.1, 0.15) is 10.7 Å². The van der Waals surface area contributed by atoms with Gasteiger partial charge in [-0.1, -0.05) is 6.07 Å². The van der Waals surface area contributed by atoms with Gasteiger partial charge in [0.2, 0.25) is 10.0 Å². The molecular formula is C11H16ClFN2O2S. The third-order valence-electron chi connectivity index (χ3n) is 2.89. The van der Waals surface area contributed by atoms with Crippen LogP contribution in [0.2, 0.25) is 0 Å². The van der Waals surface area contributed by atoms with Crippen LogP contribution in [-0.2, 0) is 10.0 Å². The van der Waals surface area contributed by atoms with Gasteiger partial charge in [0.05, 0.1) is 0 Å². The predicted octanol–water partition coefficient (Wildman–Crippen LogP) is 1.28. The van der Waals surface area contributed by atoms with E-state index in [9.17, 15) is 12.8 Å². The summed E-state index contributed by atoms with van der Waals surface area (Å²) in [5.74, 6) is -0.703. The molecule has 7 heteroatoms. The number of halogens is 2. The minimum absolute atomic E-state index is 0. The molecular weight excluding hydrogens is 279 g/mol. The Morgan fingerprint density at radius 3 is 2.61 bits per heavy atom. The second kappa shape index (κ2) is 5.52. The average molecular weight is 295 g/mol. The zero-order valence-corrected chi connectivity index (χ0v) is 11.6. The molecule has 4 nitrogen and oxygen atoms in total. The summed E-state index contributed by atoms with van der Waals surface area (Å²) in [6.07, 6.45) is 0.618. The Labute approximate surface area is 112 Å². The first-order valence-electron chi connectivity index (χ1n) is 5.43. The molecule has 0 saturated carbocycles. The molecule has 1 aliphatic rings. The Kier molecular flexibility index (Phi) is 4.72. The van der Waals surface area contributed by atoms with Crippen molar-refractivity contribution in [1.29, 1.82) is 0 Å². The Morgan fingerprint density at radius 1 is 1.44 bits per heavy atom. The van der Waals surface area contributed by atoms with Crippen LogP contribution in [0.15, 0.2) is 23.1 Å². The molecule has 2 N–H and O–H groups in total. The van der Waals surface area contributed by atoms with E-state index in [1.807, 2.05) is 0 Å². The van der Waals surface area contributed by atoms with E-state index in [0.717, 1.165) is 0 Å². The van der Waals surface area contributed by atoms with Crippen LogP contribution in [0.1, 0.15) is 12.0 Å². The van der Waals surface area contributed by atoms with Crippen molar-refractivity contribution in [1.82, 2.24) is 4.31 Å². The summed E-state index contributed by atoms with van der Waals surface area (Å²) in [6, 6.07) is 3.97. The molecule has 18 heavy (non-hydrogen) atoms. The highest BCUT2D eigenvalue weighted by Gasteiger charge is 2.32. The molecule has 102 valence electrons. The molecule has 0 bridgehead atoms. The fraction of sp³-hybridized carbons (Fsp3) is 0.455. The highest BCUT2D eigenvalue weighted by Crippen LogP contribution is 2.23. The SMILES string of the molecule is Cc1ccc(S(=O)(=O)N2CC[C@H](N)C2)c(F)c1.Cl. The zero-order chi connectivity index (χ0) is 12.6. The molecule has 1 atom stereocenters. The van der Waals surface area contributed by atoms with Gasteiger partial charge >= 0.3 is 0 Å². The molecule has 0 aliphatic carbocycles. The normalized spacial score (nSPS) is 20.7. The Balaban J connectivity index is 0.00000162. The van der Waals surface area contributed by atoms with E-state index in [2.05, 4.69) is 0 Å². The lowest BCUT2D eigenvalue weighted by atomic mass is 10.2. The number of aryl methyl sites for hydroxylation is 1. The van der Waals surface area contributed by atoms with E-state index in [1.165, 1.54) is 16.4 Å². The van der Waals surface area contributed by atoms with Crippen molar-refractivity contribution in [2.24, 2.45) is 5.73 Å². The fourth-order valence-corrected chi connectivity index (χ4v) is 3.48. The quantitative estimate of drug-likeness (QED) is 0.894. The molecule has 0 spiro atoms. The van der Waals surface area contributed by atoms with Gasteiger partial charge in [0.25, 0.3) is 0 Å². The maximum Gasteiger partial charge on any atom is 0.246 e. The van der Waals surface area contributed by atoms with Crippen molar-refractivity contribution in [3.05, 3.63) is 29.6 Å². The number of sulfonamides is 1. The first-order chi connectivity index (χ1) is 7.91. The van der Waals surface area contributed by atoms with Crippen LogP contribution in [0.4, 0.5) is 4.39 Å². The van der Waals surface area contributed by atoms with Gasteiger partial charge in [0.15, 0.2) is 0 Å². The number of benzene rings is 1. The molecule has 0 aromatic heterocycles. The van der Waals surface area contributed by atoms with Gasteiger partial charge in [-0.05, 0) is 31.0 Å². The number of nitrogens with zero attached hydrogens (tertiary/aromatic N) is 1. The molecule has 2 rings (SSSR count). The largest absolute Gasteiger partial charge is 0.326 e. The third-order valence-corrected chi connectivity index (χ3v) is 4.79. The molecule has 1 aromatic rings. The van der Waals surface area contributed by atoms with Crippen LogP contribution in [-0.4, -0.2) is 31.9 Å². The van der Waals surface area contributed by atoms with E-state index >= 15 is 0 Å². The predicted molar refractivity (Wildman–Crippen MR) is 69.7 cm³/mol. The van der Waals surface area contributed by atoms with Gasteiger partial charge in [-0.2, -0.15) is 4.31 Å². The Hall–Kier alpha value is -0.690. The highest BCUT2D eigenvalue weighted by molar-refractivity contribution is 7.89. The topological polar surface area (TPSA) is 63.4 Å². The van der Waals surface area contributed by atoms with Crippen molar-refractivity contribution in [2.45, 2.75) is 24.3 Å². The number of nitrogens with two attached hydrogens (primary N) is 1. The fourth-order valence-electron chi connectivity index (χ4n) is 1.93. The van der Waals surface area contributed by atoms with Gasteiger partial charge in [-0.15, -0.1) is 12.4 Å². The van der Waals surface area contributed by atoms with Gasteiger partial charge in [0, 0.05) is 19.1 Å². The molecule has 1 aliphatic heterocycles. The van der Waals surface area contributed by atoms with E-state index in [-0.39, 0.29) is 29.9 Å². The second-order valence-corrected chi connectivity index (χ2v) is 6.25. The van der Waals surface area contributed by atoms with Crippen LogP contribution < -0.4 is 5.73 Å². The molecule has 1 fully saturated rings. The molecule has 0 radical (unpaired) electrons. The average Bonchev–Trinajstić information content (AvgIpc) is 2.64. The standard InChI is InChI=1S/C11H15FN2O2S.ClH/c1-8-2-3-11(10(12)6-8)17(15,16)14-5-4-9(13)7-14;/h2-3,6,9H,4-5,7,13H2,1H3;1H/t9-;/m0./s1. The molecule has 1 saturated heterocycles. The van der Waals surface area contributed by atoms with Crippen LogP contribution in [0.25, 0.3) is 0 Å². The molecule has 0 unspecified atom stereocenters. The lowest BCUT2D eigenvalue weighted by Gasteiger charge is -2.16. The zero-order valence-electron chi connectivity index (χ0n) is 9.97. The maximum atomic E-state index is 13.7. The van der Waals surface area contributed by atoms with Crippen molar-refractivity contribution < 1.29 is 12.8 Å². The van der Waals surface area contributed by atoms with Crippen LogP contribution in [0.5, 0.6) is 0 Å². The minimum atomic E-state index is -3.74. The number of hydrogen-bond acceptors (Lipinski definition) is 3. The summed E-state index contributed by atoms with van der Waals surface area (Å²) in [7, 11) is -3.74. The molecule has 1 aromatic carbocycles. The lowest BCUT2D eigenvalue weighted by molar-refractivity contribution is 0.465. The Morgan fingerprint density at radius 2 is 2.11 bits per heavy atom.